The average Bonchev–Trinajstić information content (AvgIpc) is 2.55. The number of hydrogen-bond acceptors (Lipinski definition) is 3. The van der Waals surface area contributed by atoms with Gasteiger partial charge in [-0.3, -0.25) is 9.82 Å². The highest BCUT2D eigenvalue weighted by atomic mass is 35.5. The molecule has 4 heteroatoms. The van der Waals surface area contributed by atoms with Crippen LogP contribution in [0.1, 0.15) is 11.1 Å². The quantitative estimate of drug-likeness (QED) is 0.568. The Hall–Kier alpha value is -1.94. The number of benzene rings is 2. The van der Waals surface area contributed by atoms with Crippen molar-refractivity contribution in [2.24, 2.45) is 0 Å². The largest absolute Gasteiger partial charge is 0.297 e. The molecule has 106 valence electrons. The van der Waals surface area contributed by atoms with Gasteiger partial charge in [0, 0.05) is 23.2 Å². The van der Waals surface area contributed by atoms with E-state index in [0.717, 1.165) is 22.0 Å². The highest BCUT2D eigenvalue weighted by Gasteiger charge is 2.05. The molecule has 3 aromatic rings. The first-order valence-electron chi connectivity index (χ1n) is 6.75. The number of nitrogens with one attached hydrogen (secondary N) is 1. The van der Waals surface area contributed by atoms with Gasteiger partial charge >= 0.3 is 0 Å². The van der Waals surface area contributed by atoms with Gasteiger partial charge in [-0.15, -0.1) is 0 Å². The molecule has 0 aliphatic rings. The average molecular weight is 299 g/mol. The zero-order chi connectivity index (χ0) is 14.5. The minimum atomic E-state index is 0.528. The van der Waals surface area contributed by atoms with Crippen LogP contribution < -0.4 is 5.48 Å². The van der Waals surface area contributed by atoms with Crippen LogP contribution in [-0.4, -0.2) is 4.98 Å². The van der Waals surface area contributed by atoms with Crippen LogP contribution >= 0.6 is 11.6 Å². The highest BCUT2D eigenvalue weighted by molar-refractivity contribution is 6.35. The second-order valence-corrected chi connectivity index (χ2v) is 5.11. The Kier molecular flexibility index (Phi) is 4.46. The lowest BCUT2D eigenvalue weighted by Crippen LogP contribution is -2.14. The fourth-order valence-corrected chi connectivity index (χ4v) is 2.39. The molecule has 0 aliphatic heterocycles. The molecule has 0 unspecified atom stereocenters. The van der Waals surface area contributed by atoms with Crippen LogP contribution in [0.25, 0.3) is 10.9 Å². The minimum absolute atomic E-state index is 0.528. The maximum Gasteiger partial charge on any atom is 0.0933 e. The zero-order valence-corrected chi connectivity index (χ0v) is 12.2. The summed E-state index contributed by atoms with van der Waals surface area (Å²) in [4.78, 5) is 9.89. The molecular formula is C17H15ClN2O. The molecule has 0 bridgehead atoms. The van der Waals surface area contributed by atoms with Gasteiger partial charge in [-0.05, 0) is 29.3 Å². The van der Waals surface area contributed by atoms with Crippen LogP contribution in [0.15, 0.2) is 60.8 Å². The molecule has 1 heterocycles. The van der Waals surface area contributed by atoms with Gasteiger partial charge < -0.3 is 0 Å². The van der Waals surface area contributed by atoms with E-state index in [1.807, 2.05) is 54.6 Å². The molecule has 0 atom stereocenters. The Labute approximate surface area is 128 Å². The zero-order valence-electron chi connectivity index (χ0n) is 11.4. The summed E-state index contributed by atoms with van der Waals surface area (Å²) in [6.45, 7) is 1.11. The Morgan fingerprint density at radius 1 is 1.00 bits per heavy atom. The highest BCUT2D eigenvalue weighted by Crippen LogP contribution is 2.24. The second kappa shape index (κ2) is 6.68. The first-order valence-corrected chi connectivity index (χ1v) is 7.13. The predicted molar refractivity (Wildman–Crippen MR) is 84.8 cm³/mol. The second-order valence-electron chi connectivity index (χ2n) is 4.70. The monoisotopic (exact) mass is 298 g/mol. The molecule has 2 aromatic carbocycles. The fourth-order valence-electron chi connectivity index (χ4n) is 2.18. The van der Waals surface area contributed by atoms with Crippen LogP contribution in [0.5, 0.6) is 0 Å². The maximum absolute atomic E-state index is 6.18. The predicted octanol–water partition coefficient (Wildman–Crippen LogP) is 4.11. The van der Waals surface area contributed by atoms with Crippen molar-refractivity contribution in [3.8, 4) is 0 Å². The molecule has 21 heavy (non-hydrogen) atoms. The third-order valence-electron chi connectivity index (χ3n) is 3.25. The summed E-state index contributed by atoms with van der Waals surface area (Å²) in [5.41, 5.74) is 6.07. The number of nitrogens with zero attached hydrogens (tertiary/aromatic N) is 1. The van der Waals surface area contributed by atoms with Gasteiger partial charge in [-0.25, -0.2) is 0 Å². The number of aromatic nitrogens is 1. The molecule has 0 fully saturated rings. The maximum atomic E-state index is 6.18. The summed E-state index contributed by atoms with van der Waals surface area (Å²) in [5.74, 6) is 0. The normalized spacial score (nSPS) is 10.9. The van der Waals surface area contributed by atoms with Gasteiger partial charge in [-0.2, -0.15) is 5.48 Å². The number of rotatable bonds is 5. The van der Waals surface area contributed by atoms with Crippen LogP contribution in [0.3, 0.4) is 0 Å². The molecule has 3 rings (SSSR count). The van der Waals surface area contributed by atoms with E-state index in [4.69, 9.17) is 16.4 Å². The van der Waals surface area contributed by atoms with E-state index in [2.05, 4.69) is 10.5 Å². The summed E-state index contributed by atoms with van der Waals surface area (Å²) in [5, 5.41) is 1.67. The van der Waals surface area contributed by atoms with Gasteiger partial charge in [0.15, 0.2) is 0 Å². The summed E-state index contributed by atoms with van der Waals surface area (Å²) in [7, 11) is 0. The molecule has 0 spiro atoms. The van der Waals surface area contributed by atoms with Crippen LogP contribution in [0.4, 0.5) is 0 Å². The number of halogens is 1. The number of hydroxylamine groups is 1. The first-order chi connectivity index (χ1) is 10.3. The van der Waals surface area contributed by atoms with Crippen molar-refractivity contribution in [2.45, 2.75) is 13.2 Å². The summed E-state index contributed by atoms with van der Waals surface area (Å²) in [6, 6.07) is 17.8. The molecule has 1 N–H and O–H groups in total. The number of pyridine rings is 1. The van der Waals surface area contributed by atoms with Crippen molar-refractivity contribution in [1.29, 1.82) is 0 Å². The van der Waals surface area contributed by atoms with E-state index in [9.17, 15) is 0 Å². The Bertz CT molecular complexity index is 731. The molecular weight excluding hydrogens is 284 g/mol. The molecule has 1 aromatic heterocycles. The molecule has 0 aliphatic carbocycles. The topological polar surface area (TPSA) is 34.1 Å². The van der Waals surface area contributed by atoms with Gasteiger partial charge in [0.05, 0.1) is 12.1 Å². The third kappa shape index (κ3) is 3.39. The van der Waals surface area contributed by atoms with Crippen molar-refractivity contribution in [2.75, 3.05) is 0 Å². The van der Waals surface area contributed by atoms with E-state index >= 15 is 0 Å². The standard InChI is InChI=1S/C17H15ClN2O/c18-16-9-8-14(17-15(16)7-4-10-19-17)11-20-21-12-13-5-2-1-3-6-13/h1-10,20H,11-12H2. The Morgan fingerprint density at radius 3 is 2.71 bits per heavy atom. The molecule has 0 radical (unpaired) electrons. The van der Waals surface area contributed by atoms with Gasteiger partial charge in [0.1, 0.15) is 0 Å². The summed E-state index contributed by atoms with van der Waals surface area (Å²) < 4.78 is 0. The molecule has 0 amide bonds. The molecule has 0 saturated carbocycles. The Morgan fingerprint density at radius 2 is 1.86 bits per heavy atom. The van der Waals surface area contributed by atoms with Crippen molar-refractivity contribution in [3.63, 3.8) is 0 Å². The lowest BCUT2D eigenvalue weighted by Gasteiger charge is -2.09. The van der Waals surface area contributed by atoms with Crippen molar-refractivity contribution in [3.05, 3.63) is 76.9 Å². The fraction of sp³-hybridized carbons (Fsp3) is 0.118. The summed E-state index contributed by atoms with van der Waals surface area (Å²) in [6.07, 6.45) is 1.77. The third-order valence-corrected chi connectivity index (χ3v) is 3.58. The smallest absolute Gasteiger partial charge is 0.0933 e. The van der Waals surface area contributed by atoms with E-state index in [1.165, 1.54) is 0 Å². The van der Waals surface area contributed by atoms with Crippen LogP contribution in [0, 0.1) is 0 Å². The van der Waals surface area contributed by atoms with E-state index in [0.29, 0.717) is 18.2 Å². The van der Waals surface area contributed by atoms with Gasteiger partial charge in [0.25, 0.3) is 0 Å². The van der Waals surface area contributed by atoms with E-state index in [1.54, 1.807) is 6.20 Å². The van der Waals surface area contributed by atoms with Crippen molar-refractivity contribution in [1.82, 2.24) is 10.5 Å². The first kappa shape index (κ1) is 14.0. The SMILES string of the molecule is Clc1ccc(CNOCc2ccccc2)c2ncccc12. The molecule has 3 nitrogen and oxygen atoms in total. The van der Waals surface area contributed by atoms with Crippen LogP contribution in [-0.2, 0) is 18.0 Å². The van der Waals surface area contributed by atoms with Crippen molar-refractivity contribution < 1.29 is 4.84 Å². The van der Waals surface area contributed by atoms with Crippen molar-refractivity contribution >= 4 is 22.5 Å². The lowest BCUT2D eigenvalue weighted by molar-refractivity contribution is 0.0237. The van der Waals surface area contributed by atoms with Gasteiger partial charge in [-0.1, -0.05) is 48.0 Å². The van der Waals surface area contributed by atoms with Gasteiger partial charge in [0.2, 0.25) is 0 Å². The van der Waals surface area contributed by atoms with Crippen LogP contribution in [0.2, 0.25) is 5.02 Å². The minimum Gasteiger partial charge on any atom is -0.297 e. The Balaban J connectivity index is 1.65. The lowest BCUT2D eigenvalue weighted by atomic mass is 10.1. The van der Waals surface area contributed by atoms with E-state index < -0.39 is 0 Å². The summed E-state index contributed by atoms with van der Waals surface area (Å²) >= 11 is 6.18. The number of fused-ring (bicyclic) bond motifs is 1. The molecule has 0 saturated heterocycles. The van der Waals surface area contributed by atoms with E-state index in [-0.39, 0.29) is 0 Å². The number of hydrogen-bond donors (Lipinski definition) is 1.